The molecular formula is C24H34FN2O3+. The van der Waals surface area contributed by atoms with Gasteiger partial charge in [-0.1, -0.05) is 32.9 Å². The number of benzene rings is 2. The number of hydrogen-bond donors (Lipinski definition) is 2. The van der Waals surface area contributed by atoms with E-state index in [1.54, 1.807) is 13.2 Å². The van der Waals surface area contributed by atoms with Gasteiger partial charge in [-0.15, -0.1) is 0 Å². The van der Waals surface area contributed by atoms with Gasteiger partial charge in [-0.3, -0.25) is 0 Å². The quantitative estimate of drug-likeness (QED) is 0.726. The Balaban J connectivity index is 1.51. The first-order chi connectivity index (χ1) is 14.3. The second-order valence-corrected chi connectivity index (χ2v) is 8.97. The lowest BCUT2D eigenvalue weighted by molar-refractivity contribution is -0.903. The molecule has 0 saturated carbocycles. The van der Waals surface area contributed by atoms with Crippen LogP contribution in [-0.2, 0) is 5.41 Å². The van der Waals surface area contributed by atoms with Gasteiger partial charge >= 0.3 is 0 Å². The molecule has 1 atom stereocenters. The van der Waals surface area contributed by atoms with Gasteiger partial charge in [0.05, 0.1) is 39.0 Å². The summed E-state index contributed by atoms with van der Waals surface area (Å²) in [5, 5.41) is 10.5. The van der Waals surface area contributed by atoms with Crippen molar-refractivity contribution in [1.29, 1.82) is 0 Å². The van der Waals surface area contributed by atoms with Gasteiger partial charge in [-0.2, -0.15) is 0 Å². The van der Waals surface area contributed by atoms with Crippen molar-refractivity contribution < 1.29 is 23.9 Å². The normalized spacial score (nSPS) is 16.4. The molecule has 2 aromatic rings. The number of para-hydroxylation sites is 1. The van der Waals surface area contributed by atoms with Crippen LogP contribution in [0.25, 0.3) is 0 Å². The summed E-state index contributed by atoms with van der Waals surface area (Å²) in [6, 6.07) is 12.7. The lowest BCUT2D eigenvalue weighted by Crippen LogP contribution is -3.16. The monoisotopic (exact) mass is 417 g/mol. The maximum absolute atomic E-state index is 14.0. The predicted octanol–water partition coefficient (Wildman–Crippen LogP) is 2.28. The molecule has 0 radical (unpaired) electrons. The number of aliphatic hydroxyl groups excluding tert-OH is 1. The number of nitrogens with one attached hydrogen (secondary N) is 1. The predicted molar refractivity (Wildman–Crippen MR) is 117 cm³/mol. The van der Waals surface area contributed by atoms with Crippen molar-refractivity contribution in [2.24, 2.45) is 0 Å². The van der Waals surface area contributed by atoms with Gasteiger partial charge in [0, 0.05) is 5.56 Å². The minimum atomic E-state index is -0.560. The van der Waals surface area contributed by atoms with Crippen LogP contribution in [0.4, 0.5) is 10.1 Å². The zero-order chi connectivity index (χ0) is 21.7. The average molecular weight is 418 g/mol. The minimum absolute atomic E-state index is 0.0941. The van der Waals surface area contributed by atoms with E-state index in [-0.39, 0.29) is 17.8 Å². The summed E-state index contributed by atoms with van der Waals surface area (Å²) in [6.07, 6.45) is -0.560. The third kappa shape index (κ3) is 5.64. The first-order valence-electron chi connectivity index (χ1n) is 10.6. The number of piperazine rings is 1. The highest BCUT2D eigenvalue weighted by Gasteiger charge is 2.25. The molecular weight excluding hydrogens is 383 g/mol. The highest BCUT2D eigenvalue weighted by molar-refractivity contribution is 5.47. The number of anilines is 1. The summed E-state index contributed by atoms with van der Waals surface area (Å²) in [6.45, 7) is 10.5. The van der Waals surface area contributed by atoms with Crippen LogP contribution in [0.15, 0.2) is 42.5 Å². The van der Waals surface area contributed by atoms with Gasteiger partial charge in [0.1, 0.15) is 36.6 Å². The summed E-state index contributed by atoms with van der Waals surface area (Å²) in [7, 11) is 1.65. The number of hydrogen-bond acceptors (Lipinski definition) is 4. The molecule has 0 aliphatic carbocycles. The number of halogens is 1. The van der Waals surface area contributed by atoms with Crippen molar-refractivity contribution in [1.82, 2.24) is 0 Å². The zero-order valence-electron chi connectivity index (χ0n) is 18.5. The minimum Gasteiger partial charge on any atom is -0.497 e. The van der Waals surface area contributed by atoms with E-state index in [2.05, 4.69) is 25.7 Å². The van der Waals surface area contributed by atoms with Crippen LogP contribution < -0.4 is 19.3 Å². The van der Waals surface area contributed by atoms with E-state index in [1.807, 2.05) is 30.3 Å². The Kier molecular flexibility index (Phi) is 7.21. The summed E-state index contributed by atoms with van der Waals surface area (Å²) in [5.41, 5.74) is 1.62. The number of ether oxygens (including phenoxy) is 2. The van der Waals surface area contributed by atoms with E-state index in [4.69, 9.17) is 9.47 Å². The van der Waals surface area contributed by atoms with Crippen molar-refractivity contribution in [2.45, 2.75) is 32.3 Å². The molecule has 0 aromatic heterocycles. The molecule has 1 aliphatic heterocycles. The summed E-state index contributed by atoms with van der Waals surface area (Å²) >= 11 is 0. The topological polar surface area (TPSA) is 46.4 Å². The molecule has 3 rings (SSSR count). The van der Waals surface area contributed by atoms with E-state index < -0.39 is 6.10 Å². The fourth-order valence-electron chi connectivity index (χ4n) is 3.90. The number of aliphatic hydroxyl groups is 1. The molecule has 30 heavy (non-hydrogen) atoms. The Labute approximate surface area is 179 Å². The van der Waals surface area contributed by atoms with Crippen LogP contribution >= 0.6 is 0 Å². The van der Waals surface area contributed by atoms with Crippen molar-refractivity contribution in [2.75, 3.05) is 51.3 Å². The molecule has 1 aliphatic rings. The Hall–Kier alpha value is -2.31. The van der Waals surface area contributed by atoms with Crippen LogP contribution in [0.5, 0.6) is 11.5 Å². The van der Waals surface area contributed by atoms with Crippen LogP contribution in [-0.4, -0.2) is 57.7 Å². The largest absolute Gasteiger partial charge is 0.497 e. The molecule has 2 N–H and O–H groups in total. The summed E-state index contributed by atoms with van der Waals surface area (Å²) in [4.78, 5) is 3.39. The molecule has 2 aromatic carbocycles. The Morgan fingerprint density at radius 1 is 1.13 bits per heavy atom. The van der Waals surface area contributed by atoms with Gasteiger partial charge in [-0.25, -0.2) is 4.39 Å². The zero-order valence-corrected chi connectivity index (χ0v) is 18.5. The second-order valence-electron chi connectivity index (χ2n) is 8.97. The molecule has 1 saturated heterocycles. The maximum atomic E-state index is 14.0. The van der Waals surface area contributed by atoms with Gasteiger partial charge in [0.25, 0.3) is 0 Å². The molecule has 164 valence electrons. The van der Waals surface area contributed by atoms with Gasteiger partial charge < -0.3 is 24.4 Å². The SMILES string of the molecule is COc1ccc(OC[C@H](O)C[NH+]2CCN(c3ccccc3F)CC2)c(C(C)(C)C)c1. The van der Waals surface area contributed by atoms with Gasteiger partial charge in [0.15, 0.2) is 0 Å². The standard InChI is InChI=1S/C24H33FN2O3/c1-24(2,3)20-15-19(29-4)9-10-23(20)30-17-18(28)16-26-11-13-27(14-12-26)22-8-6-5-7-21(22)25/h5-10,15,18,28H,11-14,16-17H2,1-4H3/p+1/t18-/m1/s1. The summed E-state index contributed by atoms with van der Waals surface area (Å²) < 4.78 is 25.3. The number of rotatable bonds is 7. The first-order valence-corrected chi connectivity index (χ1v) is 10.6. The van der Waals surface area contributed by atoms with Gasteiger partial charge in [-0.05, 0) is 35.7 Å². The molecule has 0 unspecified atom stereocenters. The number of quaternary nitrogens is 1. The van der Waals surface area contributed by atoms with Crippen molar-refractivity contribution in [3.8, 4) is 11.5 Å². The van der Waals surface area contributed by atoms with Gasteiger partial charge in [0.2, 0.25) is 0 Å². The van der Waals surface area contributed by atoms with E-state index in [1.165, 1.54) is 11.0 Å². The number of nitrogens with zero attached hydrogens (tertiary/aromatic N) is 1. The summed E-state index contributed by atoms with van der Waals surface area (Å²) in [5.74, 6) is 1.40. The third-order valence-electron chi connectivity index (χ3n) is 5.61. The van der Waals surface area contributed by atoms with Crippen LogP contribution in [0.1, 0.15) is 26.3 Å². The molecule has 1 fully saturated rings. The molecule has 0 bridgehead atoms. The Morgan fingerprint density at radius 3 is 2.47 bits per heavy atom. The first kappa shape index (κ1) is 22.4. The lowest BCUT2D eigenvalue weighted by atomic mass is 9.86. The van der Waals surface area contributed by atoms with E-state index in [0.717, 1.165) is 43.2 Å². The second kappa shape index (κ2) is 9.67. The lowest BCUT2D eigenvalue weighted by Gasteiger charge is -2.34. The molecule has 0 amide bonds. The van der Waals surface area contributed by atoms with Crippen molar-refractivity contribution >= 4 is 5.69 Å². The number of methoxy groups -OCH3 is 1. The van der Waals surface area contributed by atoms with E-state index in [0.29, 0.717) is 12.2 Å². The van der Waals surface area contributed by atoms with Crippen LogP contribution in [0.3, 0.4) is 0 Å². The fourth-order valence-corrected chi connectivity index (χ4v) is 3.90. The van der Waals surface area contributed by atoms with E-state index in [9.17, 15) is 9.50 Å². The van der Waals surface area contributed by atoms with Crippen LogP contribution in [0, 0.1) is 5.82 Å². The molecule has 5 nitrogen and oxygen atoms in total. The smallest absolute Gasteiger partial charge is 0.146 e. The average Bonchev–Trinajstić information content (AvgIpc) is 2.72. The molecule has 1 heterocycles. The third-order valence-corrected chi connectivity index (χ3v) is 5.61. The molecule has 0 spiro atoms. The maximum Gasteiger partial charge on any atom is 0.146 e. The van der Waals surface area contributed by atoms with E-state index >= 15 is 0 Å². The highest BCUT2D eigenvalue weighted by Crippen LogP contribution is 2.34. The fraction of sp³-hybridized carbons (Fsp3) is 0.500. The van der Waals surface area contributed by atoms with Crippen molar-refractivity contribution in [3.63, 3.8) is 0 Å². The van der Waals surface area contributed by atoms with Crippen LogP contribution in [0.2, 0.25) is 0 Å². The van der Waals surface area contributed by atoms with Crippen molar-refractivity contribution in [3.05, 3.63) is 53.8 Å². The molecule has 6 heteroatoms. The highest BCUT2D eigenvalue weighted by atomic mass is 19.1. The Bertz CT molecular complexity index is 829. The Morgan fingerprint density at radius 2 is 1.83 bits per heavy atom.